The first kappa shape index (κ1) is 12.2. The maximum Gasteiger partial charge on any atom is 0.166 e. The van der Waals surface area contributed by atoms with Gasteiger partial charge in [-0.05, 0) is 23.8 Å². The van der Waals surface area contributed by atoms with Crippen molar-refractivity contribution in [2.75, 3.05) is 0 Å². The predicted molar refractivity (Wildman–Crippen MR) is 61.1 cm³/mol. The zero-order chi connectivity index (χ0) is 13.1. The van der Waals surface area contributed by atoms with Crippen LogP contribution < -0.4 is 0 Å². The summed E-state index contributed by atoms with van der Waals surface area (Å²) in [5.41, 5.74) is 0.562. The first-order chi connectivity index (χ1) is 8.63. The Kier molecular flexibility index (Phi) is 3.33. The molecule has 0 unspecified atom stereocenters. The minimum Gasteiger partial charge on any atom is -0.207 e. The summed E-state index contributed by atoms with van der Waals surface area (Å²) in [7, 11) is 0. The third kappa shape index (κ3) is 2.21. The van der Waals surface area contributed by atoms with E-state index in [2.05, 4.69) is 0 Å². The van der Waals surface area contributed by atoms with Gasteiger partial charge in [0, 0.05) is 11.1 Å². The molecule has 0 aliphatic carbocycles. The Bertz CT molecular complexity index is 629. The quantitative estimate of drug-likeness (QED) is 0.791. The molecule has 18 heavy (non-hydrogen) atoms. The van der Waals surface area contributed by atoms with Crippen molar-refractivity contribution in [1.82, 2.24) is 0 Å². The fourth-order valence-corrected chi connectivity index (χ4v) is 1.69. The molecule has 0 atom stereocenters. The molecule has 0 aromatic heterocycles. The van der Waals surface area contributed by atoms with Crippen LogP contribution in [0.15, 0.2) is 36.4 Å². The highest BCUT2D eigenvalue weighted by atomic mass is 19.2. The van der Waals surface area contributed by atoms with Gasteiger partial charge >= 0.3 is 0 Å². The number of nitrogens with zero attached hydrogens (tertiary/aromatic N) is 1. The van der Waals surface area contributed by atoms with Gasteiger partial charge in [0.25, 0.3) is 0 Å². The van der Waals surface area contributed by atoms with Gasteiger partial charge in [0.05, 0.1) is 12.5 Å². The second-order valence-electron chi connectivity index (χ2n) is 3.74. The van der Waals surface area contributed by atoms with E-state index in [1.54, 1.807) is 0 Å². The van der Waals surface area contributed by atoms with E-state index in [-0.39, 0.29) is 17.5 Å². The van der Waals surface area contributed by atoms with Gasteiger partial charge in [0.1, 0.15) is 5.82 Å². The first-order valence-corrected chi connectivity index (χ1v) is 5.23. The van der Waals surface area contributed by atoms with Crippen LogP contribution in [0, 0.1) is 28.8 Å². The van der Waals surface area contributed by atoms with E-state index in [1.807, 2.05) is 6.07 Å². The highest BCUT2D eigenvalue weighted by Crippen LogP contribution is 2.26. The molecule has 4 heteroatoms. The average Bonchev–Trinajstić information content (AvgIpc) is 2.36. The number of nitriles is 1. The van der Waals surface area contributed by atoms with Crippen molar-refractivity contribution in [2.24, 2.45) is 0 Å². The zero-order valence-electron chi connectivity index (χ0n) is 9.25. The smallest absolute Gasteiger partial charge is 0.166 e. The Labute approximate surface area is 102 Å². The molecule has 0 saturated carbocycles. The molecule has 0 fully saturated rings. The standard InChI is InChI=1S/C14H8F3N/c15-12-5-4-9(8-10(12)6-7-18)11-2-1-3-13(16)14(11)17/h1-5,8H,6H2. The highest BCUT2D eigenvalue weighted by molar-refractivity contribution is 5.65. The zero-order valence-corrected chi connectivity index (χ0v) is 9.25. The summed E-state index contributed by atoms with van der Waals surface area (Å²) in [6, 6.07) is 9.47. The second kappa shape index (κ2) is 4.92. The van der Waals surface area contributed by atoms with E-state index in [9.17, 15) is 13.2 Å². The van der Waals surface area contributed by atoms with Crippen molar-refractivity contribution in [3.8, 4) is 17.2 Å². The van der Waals surface area contributed by atoms with Crippen molar-refractivity contribution < 1.29 is 13.2 Å². The normalized spacial score (nSPS) is 10.1. The molecule has 0 heterocycles. The highest BCUT2D eigenvalue weighted by Gasteiger charge is 2.11. The Hall–Kier alpha value is -2.28. The van der Waals surface area contributed by atoms with Crippen LogP contribution >= 0.6 is 0 Å². The van der Waals surface area contributed by atoms with Crippen LogP contribution in [0.3, 0.4) is 0 Å². The van der Waals surface area contributed by atoms with E-state index in [0.29, 0.717) is 5.56 Å². The summed E-state index contributed by atoms with van der Waals surface area (Å²) in [4.78, 5) is 0. The van der Waals surface area contributed by atoms with Gasteiger partial charge in [-0.3, -0.25) is 0 Å². The Morgan fingerprint density at radius 1 is 1.00 bits per heavy atom. The number of benzene rings is 2. The topological polar surface area (TPSA) is 23.8 Å². The van der Waals surface area contributed by atoms with Crippen LogP contribution in [0.2, 0.25) is 0 Å². The summed E-state index contributed by atoms with van der Waals surface area (Å²) >= 11 is 0. The predicted octanol–water partition coefficient (Wildman–Crippen LogP) is 3.84. The molecule has 0 N–H and O–H groups in total. The van der Waals surface area contributed by atoms with E-state index >= 15 is 0 Å². The molecule has 0 aliphatic heterocycles. The Balaban J connectivity index is 2.55. The molecule has 0 amide bonds. The lowest BCUT2D eigenvalue weighted by atomic mass is 10.0. The van der Waals surface area contributed by atoms with Gasteiger partial charge in [-0.15, -0.1) is 0 Å². The molecule has 0 bridgehead atoms. The number of rotatable bonds is 2. The molecule has 2 aromatic carbocycles. The van der Waals surface area contributed by atoms with E-state index in [1.165, 1.54) is 24.3 Å². The van der Waals surface area contributed by atoms with Gasteiger partial charge in [0.15, 0.2) is 11.6 Å². The Morgan fingerprint density at radius 2 is 1.78 bits per heavy atom. The summed E-state index contributed by atoms with van der Waals surface area (Å²) in [6.07, 6.45) is -0.114. The fourth-order valence-electron chi connectivity index (χ4n) is 1.69. The SMILES string of the molecule is N#CCc1cc(-c2cccc(F)c2F)ccc1F. The van der Waals surface area contributed by atoms with Crippen molar-refractivity contribution in [2.45, 2.75) is 6.42 Å². The largest absolute Gasteiger partial charge is 0.207 e. The van der Waals surface area contributed by atoms with E-state index in [4.69, 9.17) is 5.26 Å². The average molecular weight is 247 g/mol. The van der Waals surface area contributed by atoms with Crippen molar-refractivity contribution >= 4 is 0 Å². The van der Waals surface area contributed by atoms with E-state index in [0.717, 1.165) is 12.1 Å². The second-order valence-corrected chi connectivity index (χ2v) is 3.74. The fraction of sp³-hybridized carbons (Fsp3) is 0.0714. The van der Waals surface area contributed by atoms with Crippen molar-refractivity contribution in [3.63, 3.8) is 0 Å². The lowest BCUT2D eigenvalue weighted by Gasteiger charge is -2.06. The van der Waals surface area contributed by atoms with Crippen LogP contribution in [0.4, 0.5) is 13.2 Å². The monoisotopic (exact) mass is 247 g/mol. The summed E-state index contributed by atoms with van der Waals surface area (Å²) in [6.45, 7) is 0. The number of halogens is 3. The molecular formula is C14H8F3N. The van der Waals surface area contributed by atoms with E-state index < -0.39 is 17.5 Å². The van der Waals surface area contributed by atoms with Crippen LogP contribution in [0.1, 0.15) is 5.56 Å². The lowest BCUT2D eigenvalue weighted by molar-refractivity contribution is 0.511. The molecule has 90 valence electrons. The third-order valence-electron chi connectivity index (χ3n) is 2.58. The first-order valence-electron chi connectivity index (χ1n) is 5.23. The number of hydrogen-bond donors (Lipinski definition) is 0. The van der Waals surface area contributed by atoms with Gasteiger partial charge in [-0.25, -0.2) is 13.2 Å². The van der Waals surface area contributed by atoms with Crippen LogP contribution in [0.25, 0.3) is 11.1 Å². The van der Waals surface area contributed by atoms with Gasteiger partial charge in [-0.2, -0.15) is 5.26 Å². The van der Waals surface area contributed by atoms with Crippen LogP contribution in [-0.2, 0) is 6.42 Å². The van der Waals surface area contributed by atoms with Gasteiger partial charge in [-0.1, -0.05) is 18.2 Å². The van der Waals surface area contributed by atoms with Gasteiger partial charge in [0.2, 0.25) is 0 Å². The van der Waals surface area contributed by atoms with Crippen LogP contribution in [0.5, 0.6) is 0 Å². The molecular weight excluding hydrogens is 239 g/mol. The summed E-state index contributed by atoms with van der Waals surface area (Å²) < 4.78 is 40.0. The minimum atomic E-state index is -0.980. The lowest BCUT2D eigenvalue weighted by Crippen LogP contribution is -1.93. The van der Waals surface area contributed by atoms with Gasteiger partial charge < -0.3 is 0 Å². The molecule has 0 aliphatic rings. The Morgan fingerprint density at radius 3 is 2.50 bits per heavy atom. The molecule has 2 aromatic rings. The van der Waals surface area contributed by atoms with Crippen LogP contribution in [-0.4, -0.2) is 0 Å². The van der Waals surface area contributed by atoms with Crippen molar-refractivity contribution in [1.29, 1.82) is 5.26 Å². The minimum absolute atomic E-state index is 0.0502. The molecule has 0 saturated heterocycles. The third-order valence-corrected chi connectivity index (χ3v) is 2.58. The molecule has 2 rings (SSSR count). The molecule has 0 radical (unpaired) electrons. The summed E-state index contributed by atoms with van der Waals surface area (Å²) in [5.74, 6) is -2.47. The number of hydrogen-bond acceptors (Lipinski definition) is 1. The maximum atomic E-state index is 13.6. The van der Waals surface area contributed by atoms with Crippen molar-refractivity contribution in [3.05, 3.63) is 59.4 Å². The molecule has 1 nitrogen and oxygen atoms in total. The summed E-state index contributed by atoms with van der Waals surface area (Å²) in [5, 5.41) is 8.55. The maximum absolute atomic E-state index is 13.6. The molecule has 0 spiro atoms.